The predicted octanol–water partition coefficient (Wildman–Crippen LogP) is 3.00. The van der Waals surface area contributed by atoms with Gasteiger partial charge in [0.1, 0.15) is 5.75 Å². The summed E-state index contributed by atoms with van der Waals surface area (Å²) in [6, 6.07) is 7.23. The van der Waals surface area contributed by atoms with Gasteiger partial charge in [-0.3, -0.25) is 14.5 Å². The first-order valence-electron chi connectivity index (χ1n) is 8.89. The molecule has 140 valence electrons. The predicted molar refractivity (Wildman–Crippen MR) is 102 cm³/mol. The van der Waals surface area contributed by atoms with Crippen molar-refractivity contribution in [3.8, 4) is 5.75 Å². The highest BCUT2D eigenvalue weighted by Crippen LogP contribution is 2.27. The van der Waals surface area contributed by atoms with Crippen molar-refractivity contribution in [2.45, 2.75) is 26.4 Å². The summed E-state index contributed by atoms with van der Waals surface area (Å²) in [7, 11) is 1.81. The molecule has 1 atom stereocenters. The highest BCUT2D eigenvalue weighted by molar-refractivity contribution is 6.13. The van der Waals surface area contributed by atoms with E-state index in [1.54, 1.807) is 23.9 Å². The fourth-order valence-corrected chi connectivity index (χ4v) is 3.24. The van der Waals surface area contributed by atoms with Gasteiger partial charge in [0.05, 0.1) is 24.2 Å². The molecule has 1 aromatic heterocycles. The van der Waals surface area contributed by atoms with Gasteiger partial charge < -0.3 is 15.4 Å². The van der Waals surface area contributed by atoms with E-state index in [0.29, 0.717) is 35.0 Å². The zero-order valence-corrected chi connectivity index (χ0v) is 15.5. The summed E-state index contributed by atoms with van der Waals surface area (Å²) < 4.78 is 20.3. The van der Waals surface area contributed by atoms with Crippen molar-refractivity contribution in [2.24, 2.45) is 13.0 Å². The first kappa shape index (κ1) is 18.2. The van der Waals surface area contributed by atoms with Crippen molar-refractivity contribution in [1.82, 2.24) is 9.78 Å². The molecule has 7 heteroatoms. The Morgan fingerprint density at radius 1 is 1.42 bits per heavy atom. The number of hydrogen-bond acceptors (Lipinski definition) is 5. The van der Waals surface area contributed by atoms with Crippen LogP contribution >= 0.6 is 0 Å². The summed E-state index contributed by atoms with van der Waals surface area (Å²) >= 11 is 0. The Morgan fingerprint density at radius 3 is 2.85 bits per heavy atom. The Morgan fingerprint density at radius 2 is 2.19 bits per heavy atom. The lowest BCUT2D eigenvalue weighted by Gasteiger charge is -2.14. The zero-order valence-electron chi connectivity index (χ0n) is 15.5. The van der Waals surface area contributed by atoms with Crippen molar-refractivity contribution in [2.75, 3.05) is 30.4 Å². The van der Waals surface area contributed by atoms with Crippen molar-refractivity contribution in [1.29, 1.82) is 5.41 Å². The molecule has 1 aliphatic rings. The van der Waals surface area contributed by atoms with E-state index >= 15 is 0 Å². The Hall–Kier alpha value is -2.57. The third-order valence-corrected chi connectivity index (χ3v) is 4.62. The molecule has 0 saturated carbocycles. The Labute approximate surface area is 153 Å². The molecule has 0 amide bonds. The number of nitrogens with one attached hydrogen (secondary N) is 1. The standard InChI is InChI=1S/C19H26FN5O/c1-12(2)26-14-4-5-16(21)15(8-14)19(22)17-9-18(23-24(17)3)25-7-6-13(10-20)11-25/h4-5,8-9,12-13,22H,6-7,10-11,21H2,1-3H3. The fraction of sp³-hybridized carbons (Fsp3) is 0.474. The van der Waals surface area contributed by atoms with E-state index in [1.807, 2.05) is 26.0 Å². The number of anilines is 2. The quantitative estimate of drug-likeness (QED) is 0.614. The molecule has 6 nitrogen and oxygen atoms in total. The van der Waals surface area contributed by atoms with Crippen LogP contribution in [0.15, 0.2) is 24.3 Å². The van der Waals surface area contributed by atoms with E-state index in [1.165, 1.54) is 0 Å². The van der Waals surface area contributed by atoms with Gasteiger partial charge in [-0.05, 0) is 38.5 Å². The second-order valence-electron chi connectivity index (χ2n) is 7.06. The van der Waals surface area contributed by atoms with Crippen LogP contribution in [0.4, 0.5) is 15.9 Å². The Balaban J connectivity index is 1.86. The van der Waals surface area contributed by atoms with E-state index < -0.39 is 0 Å². The highest BCUT2D eigenvalue weighted by atomic mass is 19.1. The van der Waals surface area contributed by atoms with Gasteiger partial charge in [-0.1, -0.05) is 0 Å². The number of hydrogen-bond donors (Lipinski definition) is 2. The molecule has 1 fully saturated rings. The smallest absolute Gasteiger partial charge is 0.151 e. The monoisotopic (exact) mass is 359 g/mol. The molecule has 0 spiro atoms. The van der Waals surface area contributed by atoms with E-state index in [9.17, 15) is 4.39 Å². The molecule has 1 aromatic carbocycles. The summed E-state index contributed by atoms with van der Waals surface area (Å²) in [5.41, 5.74) is 8.18. The molecule has 0 aliphatic carbocycles. The third kappa shape index (κ3) is 3.66. The van der Waals surface area contributed by atoms with Gasteiger partial charge in [-0.15, -0.1) is 0 Å². The van der Waals surface area contributed by atoms with E-state index in [4.69, 9.17) is 15.9 Å². The van der Waals surface area contributed by atoms with Gasteiger partial charge in [0.15, 0.2) is 5.82 Å². The number of nitrogens with zero attached hydrogens (tertiary/aromatic N) is 3. The minimum absolute atomic E-state index is 0.0441. The van der Waals surface area contributed by atoms with Gasteiger partial charge in [0.25, 0.3) is 0 Å². The number of rotatable bonds is 6. The maximum absolute atomic E-state index is 12.9. The number of halogens is 1. The van der Waals surface area contributed by atoms with E-state index in [0.717, 1.165) is 18.8 Å². The number of benzene rings is 1. The van der Waals surface area contributed by atoms with Crippen LogP contribution in [-0.4, -0.2) is 41.4 Å². The molecular formula is C19H26FN5O. The van der Waals surface area contributed by atoms with Crippen molar-refractivity contribution in [3.63, 3.8) is 0 Å². The molecular weight excluding hydrogens is 333 g/mol. The lowest BCUT2D eigenvalue weighted by atomic mass is 10.0. The van der Waals surface area contributed by atoms with Crippen molar-refractivity contribution in [3.05, 3.63) is 35.5 Å². The number of nitrogen functional groups attached to an aromatic ring is 1. The second-order valence-corrected chi connectivity index (χ2v) is 7.06. The van der Waals surface area contributed by atoms with Gasteiger partial charge in [-0.25, -0.2) is 0 Å². The molecule has 1 unspecified atom stereocenters. The van der Waals surface area contributed by atoms with Crippen molar-refractivity contribution >= 4 is 17.2 Å². The van der Waals surface area contributed by atoms with Crippen LogP contribution in [0, 0.1) is 11.3 Å². The van der Waals surface area contributed by atoms with Crippen LogP contribution in [0.1, 0.15) is 31.5 Å². The molecule has 3 N–H and O–H groups in total. The minimum Gasteiger partial charge on any atom is -0.491 e. The summed E-state index contributed by atoms with van der Waals surface area (Å²) in [5.74, 6) is 1.53. The second kappa shape index (κ2) is 7.35. The average Bonchev–Trinajstić information content (AvgIpc) is 3.22. The Bertz CT molecular complexity index is 801. The third-order valence-electron chi connectivity index (χ3n) is 4.62. The van der Waals surface area contributed by atoms with E-state index in [2.05, 4.69) is 10.00 Å². The van der Waals surface area contributed by atoms with E-state index in [-0.39, 0.29) is 18.7 Å². The first-order valence-corrected chi connectivity index (χ1v) is 8.89. The average molecular weight is 359 g/mol. The highest BCUT2D eigenvalue weighted by Gasteiger charge is 2.25. The fourth-order valence-electron chi connectivity index (χ4n) is 3.24. The first-order chi connectivity index (χ1) is 12.4. The molecule has 26 heavy (non-hydrogen) atoms. The van der Waals surface area contributed by atoms with Crippen LogP contribution in [0.5, 0.6) is 5.75 Å². The Kier molecular flexibility index (Phi) is 5.15. The largest absolute Gasteiger partial charge is 0.491 e. The maximum atomic E-state index is 12.9. The van der Waals surface area contributed by atoms with Gasteiger partial charge in [0.2, 0.25) is 0 Å². The number of aromatic nitrogens is 2. The molecule has 2 aromatic rings. The summed E-state index contributed by atoms with van der Waals surface area (Å²) in [6.45, 7) is 5.06. The molecule has 3 rings (SSSR count). The number of ether oxygens (including phenoxy) is 1. The molecule has 1 aliphatic heterocycles. The minimum atomic E-state index is -0.300. The molecule has 0 bridgehead atoms. The maximum Gasteiger partial charge on any atom is 0.151 e. The summed E-state index contributed by atoms with van der Waals surface area (Å²) in [6.07, 6.45) is 0.879. The lowest BCUT2D eigenvalue weighted by Crippen LogP contribution is -2.20. The van der Waals surface area contributed by atoms with Crippen LogP contribution in [0.25, 0.3) is 0 Å². The van der Waals surface area contributed by atoms with Gasteiger partial charge in [-0.2, -0.15) is 5.10 Å². The van der Waals surface area contributed by atoms with Crippen molar-refractivity contribution < 1.29 is 9.13 Å². The van der Waals surface area contributed by atoms with Gasteiger partial charge in [0, 0.05) is 43.4 Å². The van der Waals surface area contributed by atoms with Crippen LogP contribution < -0.4 is 15.4 Å². The number of aryl methyl sites for hydroxylation is 1. The summed E-state index contributed by atoms with van der Waals surface area (Å²) in [4.78, 5) is 2.07. The SMILES string of the molecule is CC(C)Oc1ccc(N)c(C(=N)c2cc(N3CCC(CF)C3)nn2C)c1. The molecule has 0 radical (unpaired) electrons. The topological polar surface area (TPSA) is 80.2 Å². The zero-order chi connectivity index (χ0) is 18.8. The number of nitrogens with two attached hydrogens (primary N) is 1. The molecule has 1 saturated heterocycles. The normalized spacial score (nSPS) is 17.1. The van der Waals surface area contributed by atoms with Crippen LogP contribution in [0.3, 0.4) is 0 Å². The van der Waals surface area contributed by atoms with Gasteiger partial charge >= 0.3 is 0 Å². The lowest BCUT2D eigenvalue weighted by molar-refractivity contribution is 0.242. The van der Waals surface area contributed by atoms with Crippen LogP contribution in [0.2, 0.25) is 0 Å². The molecule has 2 heterocycles. The number of alkyl halides is 1. The summed E-state index contributed by atoms with van der Waals surface area (Å²) in [5, 5.41) is 13.1. The van der Waals surface area contributed by atoms with Crippen LogP contribution in [-0.2, 0) is 7.05 Å².